The van der Waals surface area contributed by atoms with Gasteiger partial charge in [0, 0.05) is 26.2 Å². The van der Waals surface area contributed by atoms with Crippen LogP contribution >= 0.6 is 7.82 Å². The maximum atomic E-state index is 11.8. The number of phosphoric acid groups is 1. The molecule has 0 bridgehead atoms. The molecule has 2 atom stereocenters. The molecule has 0 radical (unpaired) electrons. The van der Waals surface area contributed by atoms with Crippen LogP contribution in [0.1, 0.15) is 110 Å². The SMILES string of the molecule is CCCCCCCCCCCCCCCCOC[C@H](COP(=O)(O)OCCN)OCCCC(=O)O. The molecule has 0 aliphatic rings. The summed E-state index contributed by atoms with van der Waals surface area (Å²) >= 11 is 0. The summed E-state index contributed by atoms with van der Waals surface area (Å²) in [5, 5.41) is 8.73. The largest absolute Gasteiger partial charge is 0.481 e. The minimum atomic E-state index is -4.20. The second-order valence-electron chi connectivity index (χ2n) is 9.05. The highest BCUT2D eigenvalue weighted by molar-refractivity contribution is 7.47. The van der Waals surface area contributed by atoms with Gasteiger partial charge in [0.15, 0.2) is 0 Å². The van der Waals surface area contributed by atoms with Gasteiger partial charge in [0.1, 0.15) is 6.10 Å². The van der Waals surface area contributed by atoms with Crippen LogP contribution in [0.4, 0.5) is 0 Å². The van der Waals surface area contributed by atoms with Gasteiger partial charge >= 0.3 is 13.8 Å². The summed E-state index contributed by atoms with van der Waals surface area (Å²) in [7, 11) is -4.20. The molecule has 0 aliphatic heterocycles. The van der Waals surface area contributed by atoms with E-state index < -0.39 is 19.9 Å². The van der Waals surface area contributed by atoms with Crippen molar-refractivity contribution >= 4 is 13.8 Å². The molecule has 4 N–H and O–H groups in total. The summed E-state index contributed by atoms with van der Waals surface area (Å²) in [4.78, 5) is 20.3. The molecular formula is C25H52NO8P. The maximum Gasteiger partial charge on any atom is 0.472 e. The Hall–Kier alpha value is -0.540. The van der Waals surface area contributed by atoms with Crippen LogP contribution in [-0.2, 0) is 27.9 Å². The average Bonchev–Trinajstić information content (AvgIpc) is 2.82. The van der Waals surface area contributed by atoms with E-state index in [9.17, 15) is 14.3 Å². The number of carboxylic acids is 1. The van der Waals surface area contributed by atoms with Crippen LogP contribution in [0.25, 0.3) is 0 Å². The highest BCUT2D eigenvalue weighted by atomic mass is 31.2. The Morgan fingerprint density at radius 2 is 1.31 bits per heavy atom. The molecule has 0 aliphatic carbocycles. The molecule has 0 aromatic heterocycles. The molecule has 0 spiro atoms. The number of ether oxygens (including phenoxy) is 2. The zero-order chi connectivity index (χ0) is 26.0. The monoisotopic (exact) mass is 525 g/mol. The lowest BCUT2D eigenvalue weighted by molar-refractivity contribution is -0.137. The number of hydrogen-bond acceptors (Lipinski definition) is 7. The summed E-state index contributed by atoms with van der Waals surface area (Å²) in [5.41, 5.74) is 5.27. The lowest BCUT2D eigenvalue weighted by Crippen LogP contribution is -2.26. The smallest absolute Gasteiger partial charge is 0.472 e. The van der Waals surface area contributed by atoms with E-state index in [4.69, 9.17) is 29.4 Å². The van der Waals surface area contributed by atoms with Gasteiger partial charge in [-0.1, -0.05) is 90.4 Å². The number of phosphoric ester groups is 1. The number of carboxylic acid groups (broad SMARTS) is 1. The van der Waals surface area contributed by atoms with Gasteiger partial charge in [-0.2, -0.15) is 0 Å². The van der Waals surface area contributed by atoms with Crippen LogP contribution in [-0.4, -0.2) is 61.7 Å². The minimum absolute atomic E-state index is 0.00835. The van der Waals surface area contributed by atoms with Crippen molar-refractivity contribution in [1.29, 1.82) is 0 Å². The van der Waals surface area contributed by atoms with E-state index in [-0.39, 0.29) is 39.4 Å². The number of unbranched alkanes of at least 4 members (excludes halogenated alkanes) is 13. The average molecular weight is 526 g/mol. The Labute approximate surface area is 213 Å². The van der Waals surface area contributed by atoms with Crippen LogP contribution in [0.5, 0.6) is 0 Å². The summed E-state index contributed by atoms with van der Waals surface area (Å²) in [5.74, 6) is -0.898. The Bertz CT molecular complexity index is 524. The normalized spacial score (nSPS) is 14.1. The summed E-state index contributed by atoms with van der Waals surface area (Å²) in [6, 6.07) is 0. The van der Waals surface area contributed by atoms with Crippen molar-refractivity contribution in [3.05, 3.63) is 0 Å². The molecule has 210 valence electrons. The Morgan fingerprint density at radius 3 is 1.83 bits per heavy atom. The first kappa shape index (κ1) is 34.5. The molecule has 0 saturated heterocycles. The molecule has 0 aromatic rings. The predicted molar refractivity (Wildman–Crippen MR) is 139 cm³/mol. The van der Waals surface area contributed by atoms with Crippen LogP contribution in [0.15, 0.2) is 0 Å². The highest BCUT2D eigenvalue weighted by Gasteiger charge is 2.23. The van der Waals surface area contributed by atoms with Gasteiger partial charge in [0.25, 0.3) is 0 Å². The standard InChI is InChI=1S/C25H52NO8P/c1-2-3-4-5-6-7-8-9-10-11-12-13-14-15-19-31-22-24(32-20-16-17-25(27)28)23-34-35(29,30)33-21-18-26/h24H,2-23,26H2,1H3,(H,27,28)(H,29,30)/t24-/m1/s1. The number of aliphatic carboxylic acids is 1. The third kappa shape index (κ3) is 26.3. The van der Waals surface area contributed by atoms with Crippen molar-refractivity contribution in [2.75, 3.05) is 39.6 Å². The minimum Gasteiger partial charge on any atom is -0.481 e. The molecule has 0 aromatic carbocycles. The van der Waals surface area contributed by atoms with E-state index in [1.807, 2.05) is 0 Å². The van der Waals surface area contributed by atoms with Crippen molar-refractivity contribution in [3.8, 4) is 0 Å². The van der Waals surface area contributed by atoms with E-state index in [0.717, 1.165) is 12.8 Å². The fourth-order valence-corrected chi connectivity index (χ4v) is 4.38. The quantitative estimate of drug-likeness (QED) is 0.0851. The van der Waals surface area contributed by atoms with Crippen molar-refractivity contribution in [2.45, 2.75) is 116 Å². The zero-order valence-corrected chi connectivity index (χ0v) is 22.9. The summed E-state index contributed by atoms with van der Waals surface area (Å²) < 4.78 is 32.7. The predicted octanol–water partition coefficient (Wildman–Crippen LogP) is 5.83. The van der Waals surface area contributed by atoms with Gasteiger partial charge < -0.3 is 25.2 Å². The van der Waals surface area contributed by atoms with Gasteiger partial charge in [-0.3, -0.25) is 13.8 Å². The van der Waals surface area contributed by atoms with Gasteiger partial charge in [-0.15, -0.1) is 0 Å². The molecule has 0 amide bonds. The molecule has 0 heterocycles. The molecule has 0 fully saturated rings. The van der Waals surface area contributed by atoms with Gasteiger partial charge in [0.05, 0.1) is 19.8 Å². The first-order valence-electron chi connectivity index (χ1n) is 13.6. The summed E-state index contributed by atoms with van der Waals surface area (Å²) in [6.45, 7) is 3.05. The lowest BCUT2D eigenvalue weighted by Gasteiger charge is -2.20. The number of hydrogen-bond donors (Lipinski definition) is 3. The topological polar surface area (TPSA) is 138 Å². The van der Waals surface area contributed by atoms with Crippen LogP contribution in [0.3, 0.4) is 0 Å². The molecule has 0 rings (SSSR count). The van der Waals surface area contributed by atoms with Crippen molar-refractivity contribution < 1.29 is 37.9 Å². The van der Waals surface area contributed by atoms with E-state index in [1.165, 1.54) is 77.0 Å². The third-order valence-corrected chi connectivity index (χ3v) is 6.61. The van der Waals surface area contributed by atoms with Gasteiger partial charge in [0.2, 0.25) is 0 Å². The number of nitrogens with two attached hydrogens (primary N) is 1. The maximum absolute atomic E-state index is 11.8. The first-order chi connectivity index (χ1) is 16.9. The molecule has 1 unspecified atom stereocenters. The number of rotatable bonds is 28. The fourth-order valence-electron chi connectivity index (χ4n) is 3.61. The molecule has 9 nitrogen and oxygen atoms in total. The van der Waals surface area contributed by atoms with E-state index >= 15 is 0 Å². The summed E-state index contributed by atoms with van der Waals surface area (Å²) in [6.07, 6.45) is 17.9. The fraction of sp³-hybridized carbons (Fsp3) is 0.960. The molecule has 0 saturated carbocycles. The Morgan fingerprint density at radius 1 is 0.771 bits per heavy atom. The van der Waals surface area contributed by atoms with Crippen LogP contribution in [0.2, 0.25) is 0 Å². The lowest BCUT2D eigenvalue weighted by atomic mass is 10.0. The number of carbonyl (C=O) groups is 1. The van der Waals surface area contributed by atoms with E-state index in [0.29, 0.717) is 13.0 Å². The second kappa shape index (κ2) is 25.1. The van der Waals surface area contributed by atoms with Crippen LogP contribution in [0, 0.1) is 0 Å². The zero-order valence-electron chi connectivity index (χ0n) is 22.0. The van der Waals surface area contributed by atoms with Crippen LogP contribution < -0.4 is 5.73 Å². The van der Waals surface area contributed by atoms with E-state index in [1.54, 1.807) is 0 Å². The molecule has 10 heteroatoms. The van der Waals surface area contributed by atoms with Crippen molar-refractivity contribution in [3.63, 3.8) is 0 Å². The Kier molecular flexibility index (Phi) is 24.7. The first-order valence-corrected chi connectivity index (χ1v) is 15.1. The van der Waals surface area contributed by atoms with Crippen molar-refractivity contribution in [2.24, 2.45) is 5.73 Å². The molecule has 35 heavy (non-hydrogen) atoms. The van der Waals surface area contributed by atoms with E-state index in [2.05, 4.69) is 6.92 Å². The Balaban J connectivity index is 3.81. The third-order valence-electron chi connectivity index (χ3n) is 5.63. The second-order valence-corrected chi connectivity index (χ2v) is 10.5. The van der Waals surface area contributed by atoms with Gasteiger partial charge in [-0.05, 0) is 12.8 Å². The van der Waals surface area contributed by atoms with Gasteiger partial charge in [-0.25, -0.2) is 4.57 Å². The highest BCUT2D eigenvalue weighted by Crippen LogP contribution is 2.43. The van der Waals surface area contributed by atoms with Crippen molar-refractivity contribution in [1.82, 2.24) is 0 Å². The molecular weight excluding hydrogens is 473 g/mol.